The molecule has 0 aromatic carbocycles. The van der Waals surface area contributed by atoms with Gasteiger partial charge in [0.2, 0.25) is 0 Å². The number of allylic oxidation sites excluding steroid dienone is 4. The average molecular weight is 460 g/mol. The molecule has 0 bridgehead atoms. The molecular weight excluding hydrogens is 412 g/mol. The van der Waals surface area contributed by atoms with Crippen molar-refractivity contribution in [3.63, 3.8) is 0 Å². The summed E-state index contributed by atoms with van der Waals surface area (Å²) in [4.78, 5) is 5.32. The van der Waals surface area contributed by atoms with E-state index in [0.717, 1.165) is 18.7 Å². The molecule has 1 nitrogen and oxygen atoms in total. The maximum absolute atomic E-state index is 5.32. The Labute approximate surface area is 196 Å². The lowest BCUT2D eigenvalue weighted by atomic mass is 10.0. The molecule has 0 spiro atoms. The summed E-state index contributed by atoms with van der Waals surface area (Å²) in [6, 6.07) is 4.79. The zero-order valence-electron chi connectivity index (χ0n) is 22.3. The summed E-state index contributed by atoms with van der Waals surface area (Å²) in [5, 5.41) is 1.23. The number of aromatic nitrogens is 1. The highest BCUT2D eigenvalue weighted by Crippen LogP contribution is 2.62. The molecule has 31 heavy (non-hydrogen) atoms. The third-order valence-electron chi connectivity index (χ3n) is 5.95. The zero-order chi connectivity index (χ0) is 23.8. The standard InChI is InChI=1S/C28H47NP2/c1-25(2,3)30(26(4,5)6)19-23-17-22(21-15-13-14-16-21)18-24(29-23)20-31(27(7,8)9)28(10,11)12/h13-15,17-18H,16,19-20H2,1-12H3. The largest absolute Gasteiger partial charge is 0.257 e. The summed E-state index contributed by atoms with van der Waals surface area (Å²) in [7, 11) is -0.428. The maximum Gasteiger partial charge on any atom is 0.0456 e. The smallest absolute Gasteiger partial charge is 0.0456 e. The lowest BCUT2D eigenvalue weighted by Gasteiger charge is -2.42. The van der Waals surface area contributed by atoms with Gasteiger partial charge in [-0.3, -0.25) is 4.98 Å². The molecule has 0 saturated carbocycles. The Morgan fingerprint density at radius 1 is 0.677 bits per heavy atom. The molecule has 1 aromatic heterocycles. The van der Waals surface area contributed by atoms with Crippen LogP contribution in [-0.2, 0) is 12.3 Å². The van der Waals surface area contributed by atoms with Gasteiger partial charge < -0.3 is 0 Å². The van der Waals surface area contributed by atoms with Gasteiger partial charge in [0.25, 0.3) is 0 Å². The predicted molar refractivity (Wildman–Crippen MR) is 146 cm³/mol. The molecule has 0 unspecified atom stereocenters. The third kappa shape index (κ3) is 7.51. The van der Waals surface area contributed by atoms with Gasteiger partial charge in [-0.15, -0.1) is 0 Å². The number of nitrogens with zero attached hydrogens (tertiary/aromatic N) is 1. The van der Waals surface area contributed by atoms with Crippen LogP contribution in [0, 0.1) is 0 Å². The molecule has 0 N–H and O–H groups in total. The molecule has 0 aliphatic heterocycles. The van der Waals surface area contributed by atoms with E-state index in [1.807, 2.05) is 0 Å². The minimum Gasteiger partial charge on any atom is -0.257 e. The van der Waals surface area contributed by atoms with Crippen LogP contribution < -0.4 is 0 Å². The average Bonchev–Trinajstić information content (AvgIpc) is 3.08. The normalized spacial score (nSPS) is 15.9. The van der Waals surface area contributed by atoms with Gasteiger partial charge >= 0.3 is 0 Å². The Hall–Kier alpha value is -0.510. The lowest BCUT2D eigenvalue weighted by molar-refractivity contribution is 0.699. The molecule has 1 aliphatic rings. The molecule has 1 aromatic rings. The second-order valence-corrected chi connectivity index (χ2v) is 20.7. The number of pyridine rings is 1. The first kappa shape index (κ1) is 26.7. The van der Waals surface area contributed by atoms with Crippen LogP contribution in [0.4, 0.5) is 0 Å². The van der Waals surface area contributed by atoms with Crippen molar-refractivity contribution in [2.24, 2.45) is 0 Å². The Morgan fingerprint density at radius 3 is 1.35 bits per heavy atom. The summed E-state index contributed by atoms with van der Waals surface area (Å²) in [6.07, 6.45) is 10.0. The quantitative estimate of drug-likeness (QED) is 0.399. The molecule has 174 valence electrons. The van der Waals surface area contributed by atoms with E-state index in [0.29, 0.717) is 20.6 Å². The van der Waals surface area contributed by atoms with E-state index >= 15 is 0 Å². The summed E-state index contributed by atoms with van der Waals surface area (Å²) in [5.74, 6) is 0. The van der Waals surface area contributed by atoms with E-state index in [1.54, 1.807) is 0 Å². The molecule has 0 fully saturated rings. The number of hydrogen-bond acceptors (Lipinski definition) is 1. The lowest BCUT2D eigenvalue weighted by Crippen LogP contribution is -2.27. The molecular formula is C28H47NP2. The fraction of sp³-hybridized carbons (Fsp3) is 0.679. The first-order chi connectivity index (χ1) is 13.9. The van der Waals surface area contributed by atoms with Crippen molar-refractivity contribution in [1.29, 1.82) is 0 Å². The highest BCUT2D eigenvalue weighted by Gasteiger charge is 2.36. The van der Waals surface area contributed by atoms with Crippen molar-refractivity contribution >= 4 is 21.4 Å². The predicted octanol–water partition coefficient (Wildman–Crippen LogP) is 9.58. The van der Waals surface area contributed by atoms with Crippen molar-refractivity contribution < 1.29 is 0 Å². The summed E-state index contributed by atoms with van der Waals surface area (Å²) in [6.45, 7) is 29.0. The van der Waals surface area contributed by atoms with Gasteiger partial charge in [-0.05, 0) is 50.3 Å². The van der Waals surface area contributed by atoms with Gasteiger partial charge in [0.05, 0.1) is 0 Å². The van der Waals surface area contributed by atoms with E-state index in [1.165, 1.54) is 22.5 Å². The van der Waals surface area contributed by atoms with Gasteiger partial charge in [-0.2, -0.15) is 0 Å². The third-order valence-corrected chi connectivity index (χ3v) is 13.7. The van der Waals surface area contributed by atoms with E-state index in [-0.39, 0.29) is 15.8 Å². The van der Waals surface area contributed by atoms with Crippen molar-refractivity contribution in [3.8, 4) is 0 Å². The Bertz CT molecular complexity index is 740. The van der Waals surface area contributed by atoms with Gasteiger partial charge in [-0.25, -0.2) is 0 Å². The maximum atomic E-state index is 5.32. The molecule has 0 amide bonds. The van der Waals surface area contributed by atoms with Crippen LogP contribution in [0.2, 0.25) is 0 Å². The second kappa shape index (κ2) is 9.39. The molecule has 3 heteroatoms. The Kier molecular flexibility index (Phi) is 8.10. The molecule has 0 atom stereocenters. The van der Waals surface area contributed by atoms with Crippen LogP contribution in [0.3, 0.4) is 0 Å². The SMILES string of the molecule is CC(C)(C)P(Cc1cc(C2=CC=CC2)cc(CP(C(C)(C)C)C(C)(C)C)n1)C(C)(C)C. The molecule has 0 radical (unpaired) electrons. The molecule has 0 saturated heterocycles. The Morgan fingerprint density at radius 2 is 1.06 bits per heavy atom. The van der Waals surface area contributed by atoms with E-state index in [2.05, 4.69) is 113 Å². The van der Waals surface area contributed by atoms with E-state index in [4.69, 9.17) is 4.98 Å². The fourth-order valence-corrected chi connectivity index (χ4v) is 11.8. The highest BCUT2D eigenvalue weighted by molar-refractivity contribution is 7.60. The number of rotatable bonds is 5. The van der Waals surface area contributed by atoms with Crippen molar-refractivity contribution in [1.82, 2.24) is 4.98 Å². The van der Waals surface area contributed by atoms with Gasteiger partial charge in [0, 0.05) is 23.7 Å². The van der Waals surface area contributed by atoms with E-state index in [9.17, 15) is 0 Å². The summed E-state index contributed by atoms with van der Waals surface area (Å²) >= 11 is 0. The van der Waals surface area contributed by atoms with Gasteiger partial charge in [0.1, 0.15) is 0 Å². The minimum atomic E-state index is -0.214. The fourth-order valence-electron chi connectivity index (χ4n) is 4.94. The van der Waals surface area contributed by atoms with Crippen LogP contribution in [-0.4, -0.2) is 25.6 Å². The summed E-state index contributed by atoms with van der Waals surface area (Å²) < 4.78 is 0. The number of hydrogen-bond donors (Lipinski definition) is 0. The molecule has 1 aliphatic carbocycles. The van der Waals surface area contributed by atoms with Crippen molar-refractivity contribution in [2.75, 3.05) is 0 Å². The van der Waals surface area contributed by atoms with Gasteiger partial charge in [-0.1, -0.05) is 117 Å². The first-order valence-electron chi connectivity index (χ1n) is 11.8. The van der Waals surface area contributed by atoms with Crippen LogP contribution in [0.25, 0.3) is 5.57 Å². The monoisotopic (exact) mass is 459 g/mol. The van der Waals surface area contributed by atoms with Crippen LogP contribution >= 0.6 is 15.8 Å². The van der Waals surface area contributed by atoms with Crippen LogP contribution in [0.1, 0.15) is 106 Å². The zero-order valence-corrected chi connectivity index (χ0v) is 24.1. The van der Waals surface area contributed by atoms with Gasteiger partial charge in [0.15, 0.2) is 0 Å². The minimum absolute atomic E-state index is 0.214. The molecule has 2 rings (SSSR count). The summed E-state index contributed by atoms with van der Waals surface area (Å²) in [5.41, 5.74) is 5.43. The van der Waals surface area contributed by atoms with E-state index < -0.39 is 0 Å². The molecule has 1 heterocycles. The van der Waals surface area contributed by atoms with Crippen molar-refractivity contribution in [3.05, 3.63) is 47.3 Å². The van der Waals surface area contributed by atoms with Crippen LogP contribution in [0.15, 0.2) is 30.4 Å². The first-order valence-corrected chi connectivity index (χ1v) is 14.9. The second-order valence-electron chi connectivity index (χ2n) is 13.0. The highest BCUT2D eigenvalue weighted by atomic mass is 31.1. The van der Waals surface area contributed by atoms with Crippen molar-refractivity contribution in [2.45, 2.75) is 122 Å². The topological polar surface area (TPSA) is 12.9 Å². The van der Waals surface area contributed by atoms with Crippen LogP contribution in [0.5, 0.6) is 0 Å². The Balaban J connectivity index is 2.51.